The highest BCUT2D eigenvalue weighted by atomic mass is 16.6. The molecule has 2 aliphatic rings. The van der Waals surface area contributed by atoms with E-state index in [0.717, 1.165) is 0 Å². The largest absolute Gasteiger partial charge is 0.512 e. The molecule has 2 rings (SSSR count). The monoisotopic (exact) mass is 238 g/mol. The molecule has 0 radical (unpaired) electrons. The van der Waals surface area contributed by atoms with Gasteiger partial charge in [-0.15, -0.1) is 0 Å². The molecule has 1 aliphatic carbocycles. The van der Waals surface area contributed by atoms with Crippen LogP contribution in [0.4, 0.5) is 0 Å². The smallest absolute Gasteiger partial charge is 0.332 e. The van der Waals surface area contributed by atoms with Gasteiger partial charge in [-0.2, -0.15) is 0 Å². The van der Waals surface area contributed by atoms with Crippen molar-refractivity contribution >= 4 is 11.9 Å². The van der Waals surface area contributed by atoms with Crippen LogP contribution in [0.1, 0.15) is 12.8 Å². The molecular weight excluding hydrogens is 228 g/mol. The first-order valence-electron chi connectivity index (χ1n) is 4.97. The standard InChI is InChI=1S/C11H10O6/c12-7-3-6(11(14)15)4-8-9(5-7)17-10(13)1-2-16-8/h4-5,12H,1-3H2,(H,14,15). The van der Waals surface area contributed by atoms with Crippen molar-refractivity contribution in [1.29, 1.82) is 0 Å². The Balaban J connectivity index is 2.44. The quantitative estimate of drug-likeness (QED) is 0.662. The van der Waals surface area contributed by atoms with Crippen molar-refractivity contribution in [1.82, 2.24) is 0 Å². The third-order valence-electron chi connectivity index (χ3n) is 2.28. The van der Waals surface area contributed by atoms with Crippen LogP contribution in [0.2, 0.25) is 0 Å². The van der Waals surface area contributed by atoms with Crippen molar-refractivity contribution in [3.05, 3.63) is 35.0 Å². The van der Waals surface area contributed by atoms with Gasteiger partial charge >= 0.3 is 11.9 Å². The normalized spacial score (nSPS) is 20.1. The van der Waals surface area contributed by atoms with Crippen LogP contribution in [0.5, 0.6) is 0 Å². The van der Waals surface area contributed by atoms with E-state index in [1.165, 1.54) is 12.2 Å². The summed E-state index contributed by atoms with van der Waals surface area (Å²) < 4.78 is 10.2. The zero-order valence-electron chi connectivity index (χ0n) is 8.80. The van der Waals surface area contributed by atoms with Gasteiger partial charge in [0.05, 0.1) is 13.0 Å². The summed E-state index contributed by atoms with van der Waals surface area (Å²) in [5.41, 5.74) is -0.0262. The van der Waals surface area contributed by atoms with E-state index >= 15 is 0 Å². The number of esters is 1. The molecular formula is C11H10O6. The Morgan fingerprint density at radius 2 is 2.06 bits per heavy atom. The molecule has 0 aromatic rings. The predicted octanol–water partition coefficient (Wildman–Crippen LogP) is 1.02. The van der Waals surface area contributed by atoms with E-state index in [9.17, 15) is 14.7 Å². The van der Waals surface area contributed by atoms with Crippen molar-refractivity contribution in [2.75, 3.05) is 6.61 Å². The molecule has 2 N–H and O–H groups in total. The molecule has 0 atom stereocenters. The van der Waals surface area contributed by atoms with Gasteiger partial charge in [0.2, 0.25) is 0 Å². The fourth-order valence-corrected chi connectivity index (χ4v) is 1.50. The molecule has 0 saturated heterocycles. The van der Waals surface area contributed by atoms with E-state index in [1.54, 1.807) is 0 Å². The average molecular weight is 238 g/mol. The summed E-state index contributed by atoms with van der Waals surface area (Å²) >= 11 is 0. The number of aliphatic hydroxyl groups is 1. The number of hydrogen-bond donors (Lipinski definition) is 2. The number of carboxylic acids is 1. The highest BCUT2D eigenvalue weighted by Gasteiger charge is 2.22. The molecule has 0 unspecified atom stereocenters. The molecule has 6 heteroatoms. The maximum atomic E-state index is 11.2. The van der Waals surface area contributed by atoms with Crippen LogP contribution >= 0.6 is 0 Å². The summed E-state index contributed by atoms with van der Waals surface area (Å²) in [7, 11) is 0. The zero-order chi connectivity index (χ0) is 12.4. The molecule has 0 saturated carbocycles. The second kappa shape index (κ2) is 4.32. The van der Waals surface area contributed by atoms with Gasteiger partial charge in [0.1, 0.15) is 5.76 Å². The molecule has 17 heavy (non-hydrogen) atoms. The number of aliphatic hydroxyl groups excluding tert-OH is 1. The highest BCUT2D eigenvalue weighted by molar-refractivity contribution is 5.88. The third-order valence-corrected chi connectivity index (χ3v) is 2.28. The Morgan fingerprint density at radius 1 is 1.29 bits per heavy atom. The van der Waals surface area contributed by atoms with Gasteiger partial charge in [-0.05, 0) is 6.08 Å². The second-order valence-corrected chi connectivity index (χ2v) is 3.59. The van der Waals surface area contributed by atoms with Crippen molar-refractivity contribution in [3.63, 3.8) is 0 Å². The van der Waals surface area contributed by atoms with Crippen LogP contribution < -0.4 is 0 Å². The highest BCUT2D eigenvalue weighted by Crippen LogP contribution is 2.25. The topological polar surface area (TPSA) is 93.1 Å². The van der Waals surface area contributed by atoms with E-state index < -0.39 is 11.9 Å². The fourth-order valence-electron chi connectivity index (χ4n) is 1.50. The molecule has 0 bridgehead atoms. The van der Waals surface area contributed by atoms with Crippen molar-refractivity contribution in [3.8, 4) is 0 Å². The Labute approximate surface area is 96.4 Å². The van der Waals surface area contributed by atoms with Gasteiger partial charge in [-0.3, -0.25) is 4.79 Å². The van der Waals surface area contributed by atoms with Crippen LogP contribution in [0, 0.1) is 0 Å². The van der Waals surface area contributed by atoms with E-state index in [1.807, 2.05) is 0 Å². The van der Waals surface area contributed by atoms with Gasteiger partial charge in [0.25, 0.3) is 0 Å². The lowest BCUT2D eigenvalue weighted by Crippen LogP contribution is -2.03. The van der Waals surface area contributed by atoms with E-state index in [-0.39, 0.29) is 42.3 Å². The summed E-state index contributed by atoms with van der Waals surface area (Å²) in [6.45, 7) is 0.121. The van der Waals surface area contributed by atoms with Gasteiger partial charge in [0, 0.05) is 18.1 Å². The minimum Gasteiger partial charge on any atom is -0.512 e. The SMILES string of the molecule is O=C1CCOC2=C(C=C(O)CC(C(=O)O)=C2)O1. The summed E-state index contributed by atoms with van der Waals surface area (Å²) in [6.07, 6.45) is 2.40. The Morgan fingerprint density at radius 3 is 2.76 bits per heavy atom. The Bertz CT molecular complexity index is 468. The number of allylic oxidation sites excluding steroid dienone is 3. The lowest BCUT2D eigenvalue weighted by molar-refractivity contribution is -0.138. The fraction of sp³-hybridized carbons (Fsp3) is 0.273. The molecule has 0 amide bonds. The maximum absolute atomic E-state index is 11.2. The predicted molar refractivity (Wildman–Crippen MR) is 54.7 cm³/mol. The van der Waals surface area contributed by atoms with E-state index in [4.69, 9.17) is 14.6 Å². The minimum atomic E-state index is -1.15. The van der Waals surface area contributed by atoms with Gasteiger partial charge in [0.15, 0.2) is 11.5 Å². The molecule has 0 aromatic carbocycles. The first-order chi connectivity index (χ1) is 8.06. The average Bonchev–Trinajstić information content (AvgIpc) is 2.47. The number of ether oxygens (including phenoxy) is 2. The zero-order valence-corrected chi connectivity index (χ0v) is 8.80. The molecule has 0 spiro atoms. The lowest BCUT2D eigenvalue weighted by Gasteiger charge is -2.04. The lowest BCUT2D eigenvalue weighted by atomic mass is 10.1. The first kappa shape index (κ1) is 11.3. The summed E-state index contributed by atoms with van der Waals surface area (Å²) in [4.78, 5) is 22.1. The van der Waals surface area contributed by atoms with Crippen LogP contribution in [0.25, 0.3) is 0 Å². The third kappa shape index (κ3) is 2.47. The van der Waals surface area contributed by atoms with Crippen LogP contribution in [-0.4, -0.2) is 28.8 Å². The molecule has 0 aromatic heterocycles. The summed E-state index contributed by atoms with van der Waals surface area (Å²) in [6, 6.07) is 0. The number of carbonyl (C=O) groups is 2. The maximum Gasteiger partial charge on any atom is 0.332 e. The van der Waals surface area contributed by atoms with Crippen molar-refractivity contribution in [2.24, 2.45) is 0 Å². The van der Waals surface area contributed by atoms with Crippen LogP contribution in [0.3, 0.4) is 0 Å². The Hall–Kier alpha value is -2.24. The summed E-state index contributed by atoms with van der Waals surface area (Å²) in [5.74, 6) is -1.63. The van der Waals surface area contributed by atoms with Crippen molar-refractivity contribution in [2.45, 2.75) is 12.8 Å². The molecule has 6 nitrogen and oxygen atoms in total. The number of carbonyl (C=O) groups excluding carboxylic acids is 1. The Kier molecular flexibility index (Phi) is 2.86. The summed E-state index contributed by atoms with van der Waals surface area (Å²) in [5, 5.41) is 18.4. The number of aliphatic carboxylic acids is 1. The van der Waals surface area contributed by atoms with Crippen LogP contribution in [0.15, 0.2) is 35.0 Å². The molecule has 1 aliphatic heterocycles. The molecule has 0 fully saturated rings. The van der Waals surface area contributed by atoms with Crippen LogP contribution in [-0.2, 0) is 19.1 Å². The van der Waals surface area contributed by atoms with Gasteiger partial charge in [-0.1, -0.05) is 0 Å². The van der Waals surface area contributed by atoms with Gasteiger partial charge in [-0.25, -0.2) is 4.79 Å². The van der Waals surface area contributed by atoms with Gasteiger partial charge < -0.3 is 19.7 Å². The number of rotatable bonds is 1. The first-order valence-corrected chi connectivity index (χ1v) is 4.97. The van der Waals surface area contributed by atoms with Crippen molar-refractivity contribution < 1.29 is 29.3 Å². The van der Waals surface area contributed by atoms with E-state index in [2.05, 4.69) is 0 Å². The van der Waals surface area contributed by atoms with E-state index in [0.29, 0.717) is 0 Å². The number of hydrogen-bond acceptors (Lipinski definition) is 5. The molecule has 1 heterocycles. The number of carboxylic acid groups (broad SMARTS) is 1. The molecule has 90 valence electrons. The second-order valence-electron chi connectivity index (χ2n) is 3.59. The minimum absolute atomic E-state index is 0.0262.